The zero-order valence-electron chi connectivity index (χ0n) is 10.0. The number of ether oxygens (including phenoxy) is 1. The molecule has 0 radical (unpaired) electrons. The predicted molar refractivity (Wildman–Crippen MR) is 71.6 cm³/mol. The number of hydrogen-bond acceptors (Lipinski definition) is 4. The van der Waals surface area contributed by atoms with Crippen LogP contribution in [-0.2, 0) is 0 Å². The summed E-state index contributed by atoms with van der Waals surface area (Å²) in [6.07, 6.45) is 0. The van der Waals surface area contributed by atoms with E-state index < -0.39 is 0 Å². The van der Waals surface area contributed by atoms with Crippen molar-refractivity contribution in [2.24, 2.45) is 0 Å². The first kappa shape index (κ1) is 11.8. The number of benzene rings is 1. The molecule has 0 saturated carbocycles. The minimum Gasteiger partial charge on any atom is -0.496 e. The van der Waals surface area contributed by atoms with Gasteiger partial charge in [0.05, 0.1) is 7.11 Å². The van der Waals surface area contributed by atoms with Crippen LogP contribution in [-0.4, -0.2) is 26.8 Å². The third-order valence-corrected chi connectivity index (χ3v) is 2.98. The Morgan fingerprint density at radius 1 is 1.21 bits per heavy atom. The second-order valence-corrected chi connectivity index (χ2v) is 4.30. The fourth-order valence-electron chi connectivity index (χ4n) is 1.92. The quantitative estimate of drug-likeness (QED) is 0.781. The third-order valence-electron chi connectivity index (χ3n) is 2.78. The monoisotopic (exact) mass is 275 g/mol. The lowest BCUT2D eigenvalue weighted by Gasteiger charge is -2.05. The highest BCUT2D eigenvalue weighted by Gasteiger charge is 2.17. The number of aromatic nitrogens is 3. The molecule has 0 aliphatic rings. The molecule has 0 spiro atoms. The van der Waals surface area contributed by atoms with E-state index in [2.05, 4.69) is 10.1 Å². The number of halogens is 1. The topological polar surface area (TPSA) is 59.7 Å². The van der Waals surface area contributed by atoms with Crippen molar-refractivity contribution in [3.8, 4) is 22.9 Å². The van der Waals surface area contributed by atoms with Crippen molar-refractivity contribution < 1.29 is 9.84 Å². The summed E-state index contributed by atoms with van der Waals surface area (Å²) in [6.45, 7) is 0. The number of hydrogen-bond donors (Lipinski definition) is 1. The van der Waals surface area contributed by atoms with Gasteiger partial charge in [0.2, 0.25) is 5.88 Å². The van der Waals surface area contributed by atoms with Gasteiger partial charge in [0.15, 0.2) is 5.65 Å². The molecule has 0 saturated heterocycles. The van der Waals surface area contributed by atoms with Gasteiger partial charge in [-0.1, -0.05) is 23.7 Å². The van der Waals surface area contributed by atoms with Crippen molar-refractivity contribution in [1.82, 2.24) is 14.6 Å². The zero-order valence-corrected chi connectivity index (χ0v) is 10.8. The molecule has 3 rings (SSSR count). The Balaban J connectivity index is 2.28. The summed E-state index contributed by atoms with van der Waals surface area (Å²) >= 11 is 5.81. The Kier molecular flexibility index (Phi) is 2.76. The molecule has 6 heteroatoms. The first-order valence-corrected chi connectivity index (χ1v) is 5.96. The van der Waals surface area contributed by atoms with Crippen LogP contribution in [0.5, 0.6) is 11.6 Å². The molecule has 0 aliphatic carbocycles. The van der Waals surface area contributed by atoms with Crippen LogP contribution in [0, 0.1) is 0 Å². The Bertz CT molecular complexity index is 755. The van der Waals surface area contributed by atoms with Gasteiger partial charge >= 0.3 is 0 Å². The van der Waals surface area contributed by atoms with Gasteiger partial charge in [-0.3, -0.25) is 0 Å². The minimum absolute atomic E-state index is 0.0676. The number of rotatable bonds is 2. The van der Waals surface area contributed by atoms with E-state index in [9.17, 15) is 5.11 Å². The Hall–Kier alpha value is -2.27. The van der Waals surface area contributed by atoms with Crippen molar-refractivity contribution in [3.05, 3.63) is 41.6 Å². The lowest BCUT2D eigenvalue weighted by molar-refractivity contribution is 0.414. The van der Waals surface area contributed by atoms with Crippen LogP contribution in [0.25, 0.3) is 16.9 Å². The van der Waals surface area contributed by atoms with Crippen molar-refractivity contribution in [3.63, 3.8) is 0 Å². The molecular formula is C13H10ClN3O2. The molecule has 2 heterocycles. The summed E-state index contributed by atoms with van der Waals surface area (Å²) in [5, 5.41) is 14.5. The lowest BCUT2D eigenvalue weighted by atomic mass is 10.1. The van der Waals surface area contributed by atoms with Gasteiger partial charge in [-0.2, -0.15) is 9.61 Å². The number of methoxy groups -OCH3 is 1. The van der Waals surface area contributed by atoms with Gasteiger partial charge in [-0.05, 0) is 24.3 Å². The Morgan fingerprint density at radius 3 is 2.79 bits per heavy atom. The number of aromatic hydroxyl groups is 1. The van der Waals surface area contributed by atoms with Gasteiger partial charge in [0.25, 0.3) is 0 Å². The van der Waals surface area contributed by atoms with Crippen LogP contribution in [0.15, 0.2) is 36.4 Å². The second-order valence-electron chi connectivity index (χ2n) is 3.91. The molecule has 0 atom stereocenters. The summed E-state index contributed by atoms with van der Waals surface area (Å²) in [7, 11) is 1.57. The van der Waals surface area contributed by atoms with Gasteiger partial charge in [0.1, 0.15) is 16.6 Å². The summed E-state index contributed by atoms with van der Waals surface area (Å²) < 4.78 is 6.56. The zero-order chi connectivity index (χ0) is 13.4. The number of imidazole rings is 1. The average molecular weight is 276 g/mol. The molecule has 0 amide bonds. The van der Waals surface area contributed by atoms with E-state index in [0.29, 0.717) is 22.7 Å². The van der Waals surface area contributed by atoms with Gasteiger partial charge in [0, 0.05) is 5.56 Å². The summed E-state index contributed by atoms with van der Waals surface area (Å²) in [4.78, 5) is 4.34. The predicted octanol–water partition coefficient (Wildman–Crippen LogP) is 2.76. The highest BCUT2D eigenvalue weighted by molar-refractivity contribution is 6.29. The van der Waals surface area contributed by atoms with E-state index in [4.69, 9.17) is 16.3 Å². The van der Waals surface area contributed by atoms with E-state index >= 15 is 0 Å². The second kappa shape index (κ2) is 4.44. The number of para-hydroxylation sites is 1. The molecule has 1 N–H and O–H groups in total. The maximum absolute atomic E-state index is 10.2. The minimum atomic E-state index is -0.0676. The largest absolute Gasteiger partial charge is 0.496 e. The normalized spacial score (nSPS) is 10.8. The lowest BCUT2D eigenvalue weighted by Crippen LogP contribution is -1.90. The van der Waals surface area contributed by atoms with Crippen LogP contribution in [0.2, 0.25) is 5.15 Å². The fraction of sp³-hybridized carbons (Fsp3) is 0.0769. The molecule has 0 unspecified atom stereocenters. The van der Waals surface area contributed by atoms with Crippen molar-refractivity contribution in [1.29, 1.82) is 0 Å². The van der Waals surface area contributed by atoms with E-state index in [1.807, 2.05) is 18.2 Å². The highest BCUT2D eigenvalue weighted by Crippen LogP contribution is 2.35. The summed E-state index contributed by atoms with van der Waals surface area (Å²) in [6, 6.07) is 10.6. The molecule has 5 nitrogen and oxygen atoms in total. The van der Waals surface area contributed by atoms with Crippen molar-refractivity contribution in [2.45, 2.75) is 0 Å². The highest BCUT2D eigenvalue weighted by atomic mass is 35.5. The van der Waals surface area contributed by atoms with Crippen LogP contribution in [0.1, 0.15) is 0 Å². The molecule has 96 valence electrons. The number of nitrogens with zero attached hydrogens (tertiary/aromatic N) is 3. The molecule has 19 heavy (non-hydrogen) atoms. The third kappa shape index (κ3) is 1.88. The Morgan fingerprint density at radius 2 is 2.00 bits per heavy atom. The van der Waals surface area contributed by atoms with Crippen LogP contribution < -0.4 is 4.74 Å². The van der Waals surface area contributed by atoms with Crippen LogP contribution in [0.3, 0.4) is 0 Å². The number of fused-ring (bicyclic) bond motifs is 1. The molecule has 0 bridgehead atoms. The standard InChI is InChI=1S/C13H10ClN3O2/c1-19-9-5-3-2-4-8(9)12-13(18)17-11(15-12)7-6-10(14)16-17/h2-7,18H,1H3. The van der Waals surface area contributed by atoms with E-state index in [1.165, 1.54) is 4.52 Å². The van der Waals surface area contributed by atoms with Gasteiger partial charge < -0.3 is 9.84 Å². The maximum atomic E-state index is 10.2. The molecule has 0 aliphatic heterocycles. The van der Waals surface area contributed by atoms with Gasteiger partial charge in [-0.15, -0.1) is 0 Å². The van der Waals surface area contributed by atoms with Crippen molar-refractivity contribution in [2.75, 3.05) is 7.11 Å². The first-order valence-electron chi connectivity index (χ1n) is 5.58. The molecule has 0 fully saturated rings. The Labute approximate surface area is 114 Å². The van der Waals surface area contributed by atoms with Crippen molar-refractivity contribution >= 4 is 17.2 Å². The summed E-state index contributed by atoms with van der Waals surface area (Å²) in [5.41, 5.74) is 1.62. The van der Waals surface area contributed by atoms with E-state index in [0.717, 1.165) is 0 Å². The fourth-order valence-corrected chi connectivity index (χ4v) is 2.06. The molecular weight excluding hydrogens is 266 g/mol. The van der Waals surface area contributed by atoms with E-state index in [1.54, 1.807) is 25.3 Å². The molecule has 2 aromatic heterocycles. The maximum Gasteiger partial charge on any atom is 0.241 e. The van der Waals surface area contributed by atoms with Crippen LogP contribution in [0.4, 0.5) is 0 Å². The molecule has 1 aromatic carbocycles. The SMILES string of the molecule is COc1ccccc1-c1nc2ccc(Cl)nn2c1O. The smallest absolute Gasteiger partial charge is 0.241 e. The molecule has 3 aromatic rings. The van der Waals surface area contributed by atoms with Gasteiger partial charge in [-0.25, -0.2) is 4.98 Å². The van der Waals surface area contributed by atoms with E-state index in [-0.39, 0.29) is 11.0 Å². The summed E-state index contributed by atoms with van der Waals surface area (Å²) in [5.74, 6) is 0.564. The van der Waals surface area contributed by atoms with Crippen LogP contribution >= 0.6 is 11.6 Å². The average Bonchev–Trinajstić information content (AvgIpc) is 2.76. The first-order chi connectivity index (χ1) is 9.20.